The number of aromatic nitrogens is 4. The van der Waals surface area contributed by atoms with Crippen molar-refractivity contribution in [3.05, 3.63) is 80.3 Å². The van der Waals surface area contributed by atoms with Crippen LogP contribution in [-0.2, 0) is 19.5 Å². The van der Waals surface area contributed by atoms with Crippen LogP contribution in [-0.4, -0.2) is 24.5 Å². The number of pyridine rings is 1. The molecule has 0 bridgehead atoms. The minimum absolute atomic E-state index is 0.0598. The molecule has 0 unspecified atom stereocenters. The van der Waals surface area contributed by atoms with Crippen LogP contribution in [0.3, 0.4) is 0 Å². The summed E-state index contributed by atoms with van der Waals surface area (Å²) in [5, 5.41) is 6.32. The Morgan fingerprint density at radius 3 is 2.78 bits per heavy atom. The molecule has 0 aliphatic rings. The molecule has 4 heterocycles. The van der Waals surface area contributed by atoms with Crippen LogP contribution in [0.1, 0.15) is 26.6 Å². The molecular weight excluding hydrogens is 360 g/mol. The van der Waals surface area contributed by atoms with Gasteiger partial charge in [-0.2, -0.15) is 0 Å². The lowest BCUT2D eigenvalue weighted by atomic mass is 10.1. The summed E-state index contributed by atoms with van der Waals surface area (Å²) in [6.45, 7) is 4.74. The number of Topliss-reactive ketones (excluding diaryl/α,β-unsaturated/α-hetero) is 1. The van der Waals surface area contributed by atoms with Gasteiger partial charge in [-0.15, -0.1) is 16.4 Å². The second-order valence-electron chi connectivity index (χ2n) is 6.56. The van der Waals surface area contributed by atoms with Crippen molar-refractivity contribution in [3.63, 3.8) is 0 Å². The van der Waals surface area contributed by atoms with E-state index in [0.717, 1.165) is 24.4 Å². The summed E-state index contributed by atoms with van der Waals surface area (Å²) in [7, 11) is 0. The Balaban J connectivity index is 1.57. The summed E-state index contributed by atoms with van der Waals surface area (Å²) in [5.74, 6) is -0.101. The lowest BCUT2D eigenvalue weighted by Gasteiger charge is -2.09. The largest absolute Gasteiger partial charge is 0.350 e. The van der Waals surface area contributed by atoms with Crippen LogP contribution in [0.25, 0.3) is 5.65 Å². The lowest BCUT2D eigenvalue weighted by Crippen LogP contribution is -2.25. The Bertz CT molecular complexity index is 1160. The molecule has 0 aromatic carbocycles. The number of thiophene rings is 1. The highest BCUT2D eigenvalue weighted by Gasteiger charge is 2.18. The molecule has 6 nitrogen and oxygen atoms in total. The van der Waals surface area contributed by atoms with Crippen molar-refractivity contribution in [3.8, 4) is 0 Å². The zero-order valence-corrected chi connectivity index (χ0v) is 16.1. The summed E-state index contributed by atoms with van der Waals surface area (Å²) < 4.78 is 4.84. The van der Waals surface area contributed by atoms with E-state index < -0.39 is 0 Å². The van der Waals surface area contributed by atoms with Crippen molar-refractivity contribution < 1.29 is 4.79 Å². The summed E-state index contributed by atoms with van der Waals surface area (Å²) in [4.78, 5) is 26.6. The number of hydrogen-bond acceptors (Lipinski definition) is 4. The van der Waals surface area contributed by atoms with Gasteiger partial charge in [0.05, 0.1) is 0 Å². The molecule has 27 heavy (non-hydrogen) atoms. The molecule has 4 aromatic heterocycles. The van der Waals surface area contributed by atoms with Crippen LogP contribution in [0.4, 0.5) is 0 Å². The van der Waals surface area contributed by atoms with Crippen LogP contribution in [0, 0.1) is 13.8 Å². The molecule has 4 aromatic rings. The fraction of sp³-hybridized carbons (Fsp3) is 0.250. The molecule has 7 heteroatoms. The van der Waals surface area contributed by atoms with Gasteiger partial charge in [0.2, 0.25) is 0 Å². The maximum Gasteiger partial charge on any atom is 0.350 e. The van der Waals surface area contributed by atoms with Crippen LogP contribution < -0.4 is 5.69 Å². The summed E-state index contributed by atoms with van der Waals surface area (Å²) >= 11 is 1.74. The van der Waals surface area contributed by atoms with Crippen LogP contribution >= 0.6 is 11.3 Å². The number of nitrogens with zero attached hydrogens (tertiary/aromatic N) is 4. The number of carbonyl (C=O) groups excluding carboxylic acids is 1. The van der Waals surface area contributed by atoms with E-state index in [2.05, 4.69) is 27.2 Å². The number of fused-ring (bicyclic) bond motifs is 1. The minimum atomic E-state index is -0.301. The minimum Gasteiger partial charge on any atom is -0.348 e. The average molecular weight is 380 g/mol. The zero-order valence-electron chi connectivity index (χ0n) is 15.3. The molecule has 0 fully saturated rings. The smallest absolute Gasteiger partial charge is 0.348 e. The molecule has 0 atom stereocenters. The van der Waals surface area contributed by atoms with Gasteiger partial charge in [0.15, 0.2) is 11.4 Å². The van der Waals surface area contributed by atoms with Gasteiger partial charge in [-0.25, -0.2) is 9.48 Å². The van der Waals surface area contributed by atoms with Crippen molar-refractivity contribution in [1.29, 1.82) is 0 Å². The summed E-state index contributed by atoms with van der Waals surface area (Å²) in [6.07, 6.45) is 2.59. The van der Waals surface area contributed by atoms with Gasteiger partial charge in [-0.1, -0.05) is 12.1 Å². The molecule has 4 rings (SSSR count). The van der Waals surface area contributed by atoms with Crippen LogP contribution in [0.15, 0.2) is 52.8 Å². The first-order valence-electron chi connectivity index (χ1n) is 8.81. The fourth-order valence-corrected chi connectivity index (χ4v) is 4.09. The molecule has 0 amide bonds. The maximum absolute atomic E-state index is 12.8. The maximum atomic E-state index is 12.8. The quantitative estimate of drug-likeness (QED) is 0.483. The molecule has 0 radical (unpaired) electrons. The second-order valence-corrected chi connectivity index (χ2v) is 7.59. The molecule has 0 saturated heterocycles. The SMILES string of the molecule is Cc1cc(C(=O)Cn2nc3ccccn3c2=O)c(C)n1CCc1cccs1. The molecule has 0 aliphatic heterocycles. The normalized spacial score (nSPS) is 11.3. The standard InChI is InChI=1S/C20H20N4O2S/c1-14-12-17(15(2)22(14)10-8-16-6-5-11-27-16)18(25)13-24-20(26)23-9-4-3-7-19(23)21-24/h3-7,9,11-12H,8,10,13H2,1-2H3. The summed E-state index contributed by atoms with van der Waals surface area (Å²) in [6, 6.07) is 11.4. The van der Waals surface area contributed by atoms with E-state index in [-0.39, 0.29) is 18.0 Å². The monoisotopic (exact) mass is 380 g/mol. The first kappa shape index (κ1) is 17.5. The number of rotatable bonds is 6. The van der Waals surface area contributed by atoms with Crippen LogP contribution in [0.2, 0.25) is 0 Å². The first-order valence-corrected chi connectivity index (χ1v) is 9.69. The number of ketones is 1. The number of hydrogen-bond donors (Lipinski definition) is 0. The van der Waals surface area contributed by atoms with Gasteiger partial charge >= 0.3 is 5.69 Å². The van der Waals surface area contributed by atoms with Crippen molar-refractivity contribution in [2.75, 3.05) is 0 Å². The summed E-state index contributed by atoms with van der Waals surface area (Å²) in [5.41, 5.74) is 2.88. The van der Waals surface area contributed by atoms with E-state index in [9.17, 15) is 9.59 Å². The van der Waals surface area contributed by atoms with Gasteiger partial charge in [0.1, 0.15) is 6.54 Å². The Hall–Kier alpha value is -2.93. The topological polar surface area (TPSA) is 61.3 Å². The highest BCUT2D eigenvalue weighted by Crippen LogP contribution is 2.18. The number of aryl methyl sites for hydroxylation is 2. The molecule has 138 valence electrons. The molecule has 0 saturated carbocycles. The highest BCUT2D eigenvalue weighted by molar-refractivity contribution is 7.09. The van der Waals surface area contributed by atoms with Crippen molar-refractivity contribution in [2.24, 2.45) is 0 Å². The Kier molecular flexibility index (Phi) is 4.53. The number of carbonyl (C=O) groups is 1. The third-order valence-electron chi connectivity index (χ3n) is 4.82. The molecule has 0 aliphatic carbocycles. The predicted molar refractivity (Wildman–Crippen MR) is 106 cm³/mol. The molecule has 0 N–H and O–H groups in total. The second kappa shape index (κ2) is 7.00. The third kappa shape index (κ3) is 3.26. The lowest BCUT2D eigenvalue weighted by molar-refractivity contribution is 0.0965. The van der Waals surface area contributed by atoms with Crippen molar-refractivity contribution in [2.45, 2.75) is 33.4 Å². The van der Waals surface area contributed by atoms with E-state index in [0.29, 0.717) is 11.2 Å². The zero-order chi connectivity index (χ0) is 19.0. The molecule has 0 spiro atoms. The van der Waals surface area contributed by atoms with E-state index in [1.807, 2.05) is 26.0 Å². The fourth-order valence-electron chi connectivity index (χ4n) is 3.40. The third-order valence-corrected chi connectivity index (χ3v) is 5.75. The first-order chi connectivity index (χ1) is 13.0. The molecular formula is C20H20N4O2S. The van der Waals surface area contributed by atoms with Gasteiger partial charge in [0, 0.05) is 34.6 Å². The van der Waals surface area contributed by atoms with E-state index in [1.54, 1.807) is 29.7 Å². The van der Waals surface area contributed by atoms with E-state index in [1.165, 1.54) is 14.0 Å². The van der Waals surface area contributed by atoms with E-state index in [4.69, 9.17) is 0 Å². The van der Waals surface area contributed by atoms with Gasteiger partial charge < -0.3 is 4.57 Å². The van der Waals surface area contributed by atoms with Gasteiger partial charge in [-0.05, 0) is 49.9 Å². The van der Waals surface area contributed by atoms with Crippen molar-refractivity contribution >= 4 is 22.8 Å². The van der Waals surface area contributed by atoms with Gasteiger partial charge in [0.25, 0.3) is 0 Å². The Labute approximate surface area is 160 Å². The van der Waals surface area contributed by atoms with Crippen molar-refractivity contribution in [1.82, 2.24) is 18.7 Å². The van der Waals surface area contributed by atoms with E-state index >= 15 is 0 Å². The van der Waals surface area contributed by atoms with Crippen LogP contribution in [0.5, 0.6) is 0 Å². The Morgan fingerprint density at radius 1 is 1.19 bits per heavy atom. The Morgan fingerprint density at radius 2 is 2.04 bits per heavy atom. The van der Waals surface area contributed by atoms with Gasteiger partial charge in [-0.3, -0.25) is 9.20 Å². The highest BCUT2D eigenvalue weighted by atomic mass is 32.1. The predicted octanol–water partition coefficient (Wildman–Crippen LogP) is 3.10. The average Bonchev–Trinajstić information content (AvgIpc) is 3.35.